The normalized spacial score (nSPS) is 10.6. The Morgan fingerprint density at radius 1 is 1.39 bits per heavy atom. The van der Waals surface area contributed by atoms with Crippen LogP contribution in [0.15, 0.2) is 5.38 Å². The predicted molar refractivity (Wildman–Crippen MR) is 76.9 cm³/mol. The van der Waals surface area contributed by atoms with E-state index in [1.54, 1.807) is 18.4 Å². The molecular formula is C12H23N3O2S. The van der Waals surface area contributed by atoms with E-state index in [-0.39, 0.29) is 0 Å². The maximum atomic E-state index is 5.27. The molecule has 0 amide bonds. The lowest BCUT2D eigenvalue weighted by molar-refractivity contribution is 0.158. The second-order valence-corrected chi connectivity index (χ2v) is 4.57. The minimum atomic E-state index is 0.715. The second kappa shape index (κ2) is 9.13. The topological polar surface area (TPSA) is 46.6 Å². The zero-order chi connectivity index (χ0) is 13.2. The Kier molecular flexibility index (Phi) is 7.71. The van der Waals surface area contributed by atoms with Crippen molar-refractivity contribution in [1.29, 1.82) is 0 Å². The van der Waals surface area contributed by atoms with Gasteiger partial charge in [-0.05, 0) is 13.8 Å². The van der Waals surface area contributed by atoms with E-state index in [2.05, 4.69) is 27.5 Å². The zero-order valence-corrected chi connectivity index (χ0v) is 12.3. The molecule has 0 bridgehead atoms. The molecule has 0 aliphatic heterocycles. The summed E-state index contributed by atoms with van der Waals surface area (Å²) < 4.78 is 10.4. The number of nitrogens with one attached hydrogen (secondary N) is 1. The van der Waals surface area contributed by atoms with E-state index in [0.29, 0.717) is 6.61 Å². The molecule has 0 unspecified atom stereocenters. The number of ether oxygens (including phenoxy) is 2. The summed E-state index contributed by atoms with van der Waals surface area (Å²) in [6, 6.07) is 0. The van der Waals surface area contributed by atoms with E-state index < -0.39 is 0 Å². The number of hydrogen-bond donors (Lipinski definition) is 1. The Labute approximate surface area is 113 Å². The second-order valence-electron chi connectivity index (χ2n) is 3.71. The first-order chi connectivity index (χ1) is 8.81. The van der Waals surface area contributed by atoms with Crippen LogP contribution in [0.2, 0.25) is 0 Å². The molecule has 1 aromatic heterocycles. The summed E-state index contributed by atoms with van der Waals surface area (Å²) in [5, 5.41) is 6.28. The van der Waals surface area contributed by atoms with Gasteiger partial charge in [0.25, 0.3) is 0 Å². The molecule has 0 aliphatic carbocycles. The summed E-state index contributed by atoms with van der Waals surface area (Å²) in [6.07, 6.45) is 0. The van der Waals surface area contributed by atoms with Gasteiger partial charge >= 0.3 is 0 Å². The molecular weight excluding hydrogens is 250 g/mol. The van der Waals surface area contributed by atoms with Gasteiger partial charge in [0.05, 0.1) is 13.2 Å². The van der Waals surface area contributed by atoms with Crippen LogP contribution in [0.25, 0.3) is 0 Å². The van der Waals surface area contributed by atoms with Gasteiger partial charge in [0.15, 0.2) is 5.13 Å². The minimum Gasteiger partial charge on any atom is -0.383 e. The van der Waals surface area contributed by atoms with Gasteiger partial charge in [-0.3, -0.25) is 0 Å². The third kappa shape index (κ3) is 5.20. The van der Waals surface area contributed by atoms with Crippen LogP contribution in [0.1, 0.15) is 13.8 Å². The summed E-state index contributed by atoms with van der Waals surface area (Å²) >= 11 is 1.62. The van der Waals surface area contributed by atoms with Crippen LogP contribution in [0.4, 0.5) is 10.9 Å². The monoisotopic (exact) mass is 273 g/mol. The van der Waals surface area contributed by atoms with Crippen molar-refractivity contribution >= 4 is 22.3 Å². The fourth-order valence-corrected chi connectivity index (χ4v) is 2.25. The van der Waals surface area contributed by atoms with Gasteiger partial charge in [-0.15, -0.1) is 11.3 Å². The number of likely N-dealkylation sites (N-methyl/N-ethyl adjacent to an activating group) is 1. The quantitative estimate of drug-likeness (QED) is 0.661. The van der Waals surface area contributed by atoms with E-state index in [4.69, 9.17) is 9.47 Å². The van der Waals surface area contributed by atoms with Crippen molar-refractivity contribution in [3.63, 3.8) is 0 Å². The van der Waals surface area contributed by atoms with Crippen molar-refractivity contribution in [2.24, 2.45) is 0 Å². The summed E-state index contributed by atoms with van der Waals surface area (Å²) in [7, 11) is 1.72. The average molecular weight is 273 g/mol. The molecule has 1 N–H and O–H groups in total. The van der Waals surface area contributed by atoms with Gasteiger partial charge in [0.2, 0.25) is 0 Å². The minimum absolute atomic E-state index is 0.715. The predicted octanol–water partition coefficient (Wildman–Crippen LogP) is 2.06. The van der Waals surface area contributed by atoms with E-state index in [1.165, 1.54) is 0 Å². The van der Waals surface area contributed by atoms with Crippen LogP contribution < -0.4 is 10.2 Å². The molecule has 0 aliphatic rings. The molecule has 6 heteroatoms. The first kappa shape index (κ1) is 15.2. The van der Waals surface area contributed by atoms with Crippen molar-refractivity contribution in [1.82, 2.24) is 4.98 Å². The molecule has 1 rings (SSSR count). The number of hydrogen-bond acceptors (Lipinski definition) is 6. The number of aromatic nitrogens is 1. The van der Waals surface area contributed by atoms with Crippen LogP contribution in [-0.2, 0) is 9.47 Å². The van der Waals surface area contributed by atoms with Crippen molar-refractivity contribution in [2.45, 2.75) is 13.8 Å². The van der Waals surface area contributed by atoms with Crippen LogP contribution in [0.5, 0.6) is 0 Å². The summed E-state index contributed by atoms with van der Waals surface area (Å²) in [5.74, 6) is 1.01. The molecule has 0 fully saturated rings. The number of thiazole rings is 1. The van der Waals surface area contributed by atoms with Gasteiger partial charge in [-0.25, -0.2) is 4.98 Å². The maximum Gasteiger partial charge on any atom is 0.184 e. The first-order valence-corrected chi connectivity index (χ1v) is 7.20. The molecule has 5 nitrogen and oxygen atoms in total. The fraction of sp³-hybridized carbons (Fsp3) is 0.750. The molecule has 0 saturated heterocycles. The molecule has 0 aromatic carbocycles. The Morgan fingerprint density at radius 3 is 2.89 bits per heavy atom. The molecule has 1 aromatic rings. The smallest absolute Gasteiger partial charge is 0.184 e. The molecule has 0 spiro atoms. The molecule has 0 radical (unpaired) electrons. The van der Waals surface area contributed by atoms with Gasteiger partial charge in [-0.2, -0.15) is 0 Å². The van der Waals surface area contributed by atoms with Crippen molar-refractivity contribution in [3.05, 3.63) is 5.38 Å². The molecule has 1 heterocycles. The fourth-order valence-electron chi connectivity index (χ4n) is 1.50. The van der Waals surface area contributed by atoms with E-state index in [9.17, 15) is 0 Å². The van der Waals surface area contributed by atoms with Gasteiger partial charge in [0, 0.05) is 38.7 Å². The van der Waals surface area contributed by atoms with E-state index in [1.807, 2.05) is 6.92 Å². The van der Waals surface area contributed by atoms with Crippen molar-refractivity contribution < 1.29 is 9.47 Å². The number of anilines is 2. The van der Waals surface area contributed by atoms with Crippen LogP contribution in [0, 0.1) is 0 Å². The summed E-state index contributed by atoms with van der Waals surface area (Å²) in [4.78, 5) is 6.76. The van der Waals surface area contributed by atoms with Gasteiger partial charge in [-0.1, -0.05) is 0 Å². The van der Waals surface area contributed by atoms with Crippen LogP contribution in [0.3, 0.4) is 0 Å². The Bertz CT molecular complexity index is 320. The lowest BCUT2D eigenvalue weighted by Crippen LogP contribution is -2.27. The highest BCUT2D eigenvalue weighted by Crippen LogP contribution is 2.22. The third-order valence-corrected chi connectivity index (χ3v) is 3.28. The molecule has 0 atom stereocenters. The average Bonchev–Trinajstić information content (AvgIpc) is 2.84. The first-order valence-electron chi connectivity index (χ1n) is 6.32. The summed E-state index contributed by atoms with van der Waals surface area (Å²) in [6.45, 7) is 8.91. The number of methoxy groups -OCH3 is 1. The Hall–Kier alpha value is -0.850. The van der Waals surface area contributed by atoms with Crippen LogP contribution >= 0.6 is 11.3 Å². The van der Waals surface area contributed by atoms with E-state index >= 15 is 0 Å². The lowest BCUT2D eigenvalue weighted by atomic mass is 10.5. The Balaban J connectivity index is 2.40. The summed E-state index contributed by atoms with van der Waals surface area (Å²) in [5.41, 5.74) is 0. The highest BCUT2D eigenvalue weighted by molar-refractivity contribution is 7.14. The third-order valence-electron chi connectivity index (χ3n) is 2.49. The molecule has 18 heavy (non-hydrogen) atoms. The number of rotatable bonds is 10. The van der Waals surface area contributed by atoms with Gasteiger partial charge in [0.1, 0.15) is 5.82 Å². The lowest BCUT2D eigenvalue weighted by Gasteiger charge is -2.19. The standard InChI is InChI=1S/C12H23N3O2S/c1-4-15(7-9-16-3)11-10-18-12(14-11)13-6-8-17-5-2/h10H,4-9H2,1-3H3,(H,13,14). The Morgan fingerprint density at radius 2 is 2.22 bits per heavy atom. The van der Waals surface area contributed by atoms with Crippen molar-refractivity contribution in [3.8, 4) is 0 Å². The van der Waals surface area contributed by atoms with E-state index in [0.717, 1.165) is 43.8 Å². The van der Waals surface area contributed by atoms with Gasteiger partial charge < -0.3 is 19.7 Å². The maximum absolute atomic E-state index is 5.27. The SMILES string of the molecule is CCOCCNc1nc(N(CC)CCOC)cs1. The highest BCUT2D eigenvalue weighted by atomic mass is 32.1. The molecule has 0 saturated carbocycles. The number of nitrogens with zero attached hydrogens (tertiary/aromatic N) is 2. The van der Waals surface area contributed by atoms with Crippen molar-refractivity contribution in [2.75, 3.05) is 56.8 Å². The zero-order valence-electron chi connectivity index (χ0n) is 11.4. The molecule has 104 valence electrons. The highest BCUT2D eigenvalue weighted by Gasteiger charge is 2.08. The van der Waals surface area contributed by atoms with Crippen LogP contribution in [-0.4, -0.2) is 51.5 Å². The largest absolute Gasteiger partial charge is 0.383 e.